The normalized spacial score (nSPS) is 20.7. The first-order valence-corrected chi connectivity index (χ1v) is 6.60. The van der Waals surface area contributed by atoms with Crippen LogP contribution in [0.15, 0.2) is 18.2 Å². The van der Waals surface area contributed by atoms with E-state index in [9.17, 15) is 17.6 Å². The van der Waals surface area contributed by atoms with E-state index in [1.54, 1.807) is 11.0 Å². The van der Waals surface area contributed by atoms with E-state index in [-0.39, 0.29) is 18.8 Å². The van der Waals surface area contributed by atoms with E-state index in [0.717, 1.165) is 0 Å². The third-order valence-electron chi connectivity index (χ3n) is 3.35. The number of alkyl halides is 4. The minimum absolute atomic E-state index is 0.116. The lowest BCUT2D eigenvalue weighted by Crippen LogP contribution is -2.41. The Morgan fingerprint density at radius 1 is 1.26 bits per heavy atom. The van der Waals surface area contributed by atoms with Crippen molar-refractivity contribution >= 4 is 17.3 Å². The Hall–Kier alpha value is -0.970. The van der Waals surface area contributed by atoms with Gasteiger partial charge in [0.15, 0.2) is 0 Å². The van der Waals surface area contributed by atoms with Gasteiger partial charge in [0.1, 0.15) is 5.82 Å². The van der Waals surface area contributed by atoms with Gasteiger partial charge in [-0.2, -0.15) is 13.2 Å². The van der Waals surface area contributed by atoms with Crippen LogP contribution in [-0.4, -0.2) is 19.3 Å². The summed E-state index contributed by atoms with van der Waals surface area (Å²) >= 11 is 5.65. The zero-order valence-electron chi connectivity index (χ0n) is 10.2. The van der Waals surface area contributed by atoms with E-state index in [2.05, 4.69) is 0 Å². The Balaban J connectivity index is 2.19. The summed E-state index contributed by atoms with van der Waals surface area (Å²) in [6, 6.07) is 4.20. The molecule has 0 bridgehead atoms. The highest BCUT2D eigenvalue weighted by Gasteiger charge is 2.41. The van der Waals surface area contributed by atoms with Gasteiger partial charge in [-0.25, -0.2) is 4.39 Å². The van der Waals surface area contributed by atoms with Crippen LogP contribution in [0.1, 0.15) is 18.4 Å². The summed E-state index contributed by atoms with van der Waals surface area (Å²) in [6.45, 7) is 0.395. The molecule has 0 aliphatic carbocycles. The molecule has 1 aliphatic heterocycles. The predicted molar refractivity (Wildman–Crippen MR) is 66.9 cm³/mol. The van der Waals surface area contributed by atoms with E-state index in [1.165, 1.54) is 12.1 Å². The molecule has 1 aromatic carbocycles. The minimum atomic E-state index is -4.19. The van der Waals surface area contributed by atoms with E-state index < -0.39 is 17.9 Å². The highest BCUT2D eigenvalue weighted by Crippen LogP contribution is 2.35. The van der Waals surface area contributed by atoms with Crippen LogP contribution in [0.4, 0.5) is 23.2 Å². The van der Waals surface area contributed by atoms with Gasteiger partial charge in [-0.1, -0.05) is 0 Å². The van der Waals surface area contributed by atoms with Crippen molar-refractivity contribution in [3.8, 4) is 0 Å². The molecule has 1 heterocycles. The average Bonchev–Trinajstić information content (AvgIpc) is 2.37. The molecule has 0 amide bonds. The van der Waals surface area contributed by atoms with Crippen LogP contribution in [-0.2, 0) is 5.88 Å². The summed E-state index contributed by atoms with van der Waals surface area (Å²) in [7, 11) is 0. The molecule has 0 spiro atoms. The molecule has 1 saturated heterocycles. The molecule has 0 radical (unpaired) electrons. The molecule has 1 aromatic rings. The van der Waals surface area contributed by atoms with Crippen molar-refractivity contribution in [1.29, 1.82) is 0 Å². The fourth-order valence-corrected chi connectivity index (χ4v) is 2.53. The Morgan fingerprint density at radius 3 is 2.63 bits per heavy atom. The summed E-state index contributed by atoms with van der Waals surface area (Å²) < 4.78 is 51.6. The molecule has 2 rings (SSSR count). The summed E-state index contributed by atoms with van der Waals surface area (Å²) in [5.41, 5.74) is 1.05. The second-order valence-corrected chi connectivity index (χ2v) is 5.05. The monoisotopic (exact) mass is 295 g/mol. The van der Waals surface area contributed by atoms with Gasteiger partial charge in [0, 0.05) is 24.7 Å². The molecule has 6 heteroatoms. The van der Waals surface area contributed by atoms with Crippen LogP contribution in [0.5, 0.6) is 0 Å². The number of piperidine rings is 1. The summed E-state index contributed by atoms with van der Waals surface area (Å²) in [6.07, 6.45) is -3.60. The Kier molecular flexibility index (Phi) is 4.23. The fourth-order valence-electron chi connectivity index (χ4n) is 2.37. The molecule has 1 aliphatic rings. The lowest BCUT2D eigenvalue weighted by Gasteiger charge is -2.35. The van der Waals surface area contributed by atoms with Crippen molar-refractivity contribution in [1.82, 2.24) is 0 Å². The lowest BCUT2D eigenvalue weighted by atomic mass is 9.97. The van der Waals surface area contributed by atoms with E-state index in [1.807, 2.05) is 0 Å². The van der Waals surface area contributed by atoms with Crippen molar-refractivity contribution in [3.05, 3.63) is 29.6 Å². The maximum atomic E-state index is 13.4. The lowest BCUT2D eigenvalue weighted by molar-refractivity contribution is -0.175. The van der Waals surface area contributed by atoms with E-state index in [4.69, 9.17) is 11.6 Å². The van der Waals surface area contributed by atoms with Crippen molar-refractivity contribution in [3.63, 3.8) is 0 Å². The molecular formula is C13H14ClF4N. The van der Waals surface area contributed by atoms with Gasteiger partial charge < -0.3 is 4.90 Å². The standard InChI is InChI=1S/C13H14ClF4N/c14-7-9-4-11(15)6-12(5-9)19-3-1-2-10(8-19)13(16,17)18/h4-6,10H,1-3,7-8H2. The SMILES string of the molecule is Fc1cc(CCl)cc(N2CCCC(C(F)(F)F)C2)c1. The predicted octanol–water partition coefficient (Wildman–Crippen LogP) is 4.34. The van der Waals surface area contributed by atoms with Crippen LogP contribution in [0.3, 0.4) is 0 Å². The third kappa shape index (κ3) is 3.53. The smallest absolute Gasteiger partial charge is 0.371 e. The number of rotatable bonds is 2. The maximum absolute atomic E-state index is 13.4. The first kappa shape index (κ1) is 14.4. The van der Waals surface area contributed by atoms with Gasteiger partial charge in [-0.15, -0.1) is 11.6 Å². The third-order valence-corrected chi connectivity index (χ3v) is 3.65. The second kappa shape index (κ2) is 5.57. The molecule has 1 unspecified atom stereocenters. The quantitative estimate of drug-likeness (QED) is 0.579. The fraction of sp³-hybridized carbons (Fsp3) is 0.538. The zero-order valence-corrected chi connectivity index (χ0v) is 10.9. The zero-order chi connectivity index (χ0) is 14.0. The molecule has 106 valence electrons. The number of halogens is 5. The van der Waals surface area contributed by atoms with Crippen molar-refractivity contribution in [2.24, 2.45) is 5.92 Å². The molecule has 1 nitrogen and oxygen atoms in total. The first-order valence-electron chi connectivity index (χ1n) is 6.07. The molecule has 1 fully saturated rings. The molecule has 0 N–H and O–H groups in total. The molecule has 19 heavy (non-hydrogen) atoms. The molecule has 0 saturated carbocycles. The van der Waals surface area contributed by atoms with Crippen LogP contribution >= 0.6 is 11.6 Å². The largest absolute Gasteiger partial charge is 0.393 e. The van der Waals surface area contributed by atoms with Gasteiger partial charge in [0.05, 0.1) is 5.92 Å². The van der Waals surface area contributed by atoms with E-state index in [0.29, 0.717) is 24.2 Å². The van der Waals surface area contributed by atoms with Crippen LogP contribution in [0, 0.1) is 11.7 Å². The number of anilines is 1. The van der Waals surface area contributed by atoms with E-state index >= 15 is 0 Å². The number of hydrogen-bond acceptors (Lipinski definition) is 1. The topological polar surface area (TPSA) is 3.24 Å². The minimum Gasteiger partial charge on any atom is -0.371 e. The van der Waals surface area contributed by atoms with Gasteiger partial charge >= 0.3 is 6.18 Å². The van der Waals surface area contributed by atoms with Gasteiger partial charge in [-0.05, 0) is 36.6 Å². The second-order valence-electron chi connectivity index (χ2n) is 4.78. The van der Waals surface area contributed by atoms with Gasteiger partial charge in [0.2, 0.25) is 0 Å². The van der Waals surface area contributed by atoms with Crippen LogP contribution in [0.2, 0.25) is 0 Å². The van der Waals surface area contributed by atoms with Crippen molar-refractivity contribution in [2.75, 3.05) is 18.0 Å². The first-order chi connectivity index (χ1) is 8.90. The molecule has 1 atom stereocenters. The Bertz CT molecular complexity index is 447. The molecular weight excluding hydrogens is 282 g/mol. The van der Waals surface area contributed by atoms with Gasteiger partial charge in [-0.3, -0.25) is 0 Å². The van der Waals surface area contributed by atoms with Gasteiger partial charge in [0.25, 0.3) is 0 Å². The van der Waals surface area contributed by atoms with Crippen LogP contribution < -0.4 is 4.90 Å². The van der Waals surface area contributed by atoms with Crippen molar-refractivity contribution < 1.29 is 17.6 Å². The molecule has 0 aromatic heterocycles. The summed E-state index contributed by atoms with van der Waals surface area (Å²) in [5.74, 6) is -1.67. The highest BCUT2D eigenvalue weighted by atomic mass is 35.5. The van der Waals surface area contributed by atoms with Crippen LogP contribution in [0.25, 0.3) is 0 Å². The average molecular weight is 296 g/mol. The Morgan fingerprint density at radius 2 is 2.00 bits per heavy atom. The number of nitrogens with zero attached hydrogens (tertiary/aromatic N) is 1. The number of hydrogen-bond donors (Lipinski definition) is 0. The summed E-state index contributed by atoms with van der Waals surface area (Å²) in [4.78, 5) is 1.58. The number of benzene rings is 1. The maximum Gasteiger partial charge on any atom is 0.393 e. The van der Waals surface area contributed by atoms with Crippen molar-refractivity contribution in [2.45, 2.75) is 24.9 Å². The Labute approximate surface area is 114 Å². The summed E-state index contributed by atoms with van der Waals surface area (Å²) in [5, 5.41) is 0. The highest BCUT2D eigenvalue weighted by molar-refractivity contribution is 6.17.